The predicted octanol–water partition coefficient (Wildman–Crippen LogP) is 2.54. The zero-order valence-electron chi connectivity index (χ0n) is 17.3. The van der Waals surface area contributed by atoms with Crippen molar-refractivity contribution in [3.05, 3.63) is 43.0 Å². The molecule has 1 aromatic rings. The highest BCUT2D eigenvalue weighted by molar-refractivity contribution is 5.93. The molecule has 29 heavy (non-hydrogen) atoms. The van der Waals surface area contributed by atoms with Crippen molar-refractivity contribution in [3.63, 3.8) is 0 Å². The monoisotopic (exact) mass is 405 g/mol. The molecule has 0 aliphatic rings. The topological polar surface area (TPSA) is 99.2 Å². The average molecular weight is 405 g/mol. The number of carbonyl (C=O) groups is 3. The lowest BCUT2D eigenvalue weighted by atomic mass is 9.93. The van der Waals surface area contributed by atoms with Gasteiger partial charge in [-0.15, -0.1) is 6.58 Å². The van der Waals surface area contributed by atoms with Crippen molar-refractivity contribution >= 4 is 23.4 Å². The predicted molar refractivity (Wildman–Crippen MR) is 110 cm³/mol. The maximum atomic E-state index is 12.5. The smallest absolute Gasteiger partial charge is 0.274 e. The van der Waals surface area contributed by atoms with E-state index in [1.807, 2.05) is 44.2 Å². The van der Waals surface area contributed by atoms with Crippen LogP contribution in [0.15, 0.2) is 43.0 Å². The lowest BCUT2D eigenvalue weighted by molar-refractivity contribution is -0.310. The van der Waals surface area contributed by atoms with Crippen LogP contribution in [0.5, 0.6) is 0 Å². The fraction of sp³-hybridized carbons (Fsp3) is 0.476. The molecular formula is C21H31N3O5. The van der Waals surface area contributed by atoms with E-state index >= 15 is 0 Å². The Bertz CT molecular complexity index is 678. The van der Waals surface area contributed by atoms with Gasteiger partial charge in [-0.3, -0.25) is 19.6 Å². The van der Waals surface area contributed by atoms with Crippen molar-refractivity contribution in [1.82, 2.24) is 10.5 Å². The normalized spacial score (nSPS) is 11.6. The molecule has 8 nitrogen and oxygen atoms in total. The summed E-state index contributed by atoms with van der Waals surface area (Å²) in [5, 5.41) is 12.4. The molecule has 1 aromatic carbocycles. The van der Waals surface area contributed by atoms with Crippen LogP contribution in [0, 0.1) is 11.8 Å². The summed E-state index contributed by atoms with van der Waals surface area (Å²) in [5.74, 6) is -1.64. The summed E-state index contributed by atoms with van der Waals surface area (Å²) in [6.45, 7) is 7.44. The summed E-state index contributed by atoms with van der Waals surface area (Å²) in [6.07, 6.45) is 1.78. The van der Waals surface area contributed by atoms with Gasteiger partial charge < -0.3 is 10.2 Å². The Morgan fingerprint density at radius 1 is 1.21 bits per heavy atom. The third-order valence-electron chi connectivity index (χ3n) is 4.23. The van der Waals surface area contributed by atoms with Crippen molar-refractivity contribution in [2.24, 2.45) is 11.8 Å². The summed E-state index contributed by atoms with van der Waals surface area (Å²) in [4.78, 5) is 43.2. The number of para-hydroxylation sites is 1. The van der Waals surface area contributed by atoms with Crippen LogP contribution in [0.1, 0.15) is 33.1 Å². The van der Waals surface area contributed by atoms with Crippen molar-refractivity contribution in [2.75, 3.05) is 25.1 Å². The molecule has 0 spiro atoms. The van der Waals surface area contributed by atoms with Gasteiger partial charge in [-0.1, -0.05) is 43.3 Å². The van der Waals surface area contributed by atoms with E-state index in [-0.39, 0.29) is 49.0 Å². The first-order chi connectivity index (χ1) is 13.8. The number of nitrogens with zero attached hydrogens (tertiary/aromatic N) is 2. The van der Waals surface area contributed by atoms with E-state index in [1.54, 1.807) is 7.05 Å². The van der Waals surface area contributed by atoms with E-state index in [4.69, 9.17) is 4.84 Å². The second-order valence-electron chi connectivity index (χ2n) is 7.11. The lowest BCUT2D eigenvalue weighted by Gasteiger charge is -2.21. The number of hydrogen-bond donors (Lipinski definition) is 2. The highest BCUT2D eigenvalue weighted by atomic mass is 16.9. The molecule has 0 radical (unpaired) electrons. The summed E-state index contributed by atoms with van der Waals surface area (Å²) < 4.78 is 0. The largest absolute Gasteiger partial charge is 0.355 e. The van der Waals surface area contributed by atoms with Crippen LogP contribution < -0.4 is 10.2 Å². The molecule has 2 N–H and O–H groups in total. The summed E-state index contributed by atoms with van der Waals surface area (Å²) in [7, 11) is 1.68. The molecule has 160 valence electrons. The standard InChI is InChI=1S/C21H31N3O5/c1-5-13-29-24(28)20(26)15-17(14-16(2)3)21(27)22-12-11-19(25)23(4)18-9-7-6-8-10-18/h5-10,16-17,28H,1,11-15H2,2-4H3,(H,22,27)/t17-/m1/s1. The molecule has 1 rings (SSSR count). The molecule has 0 aliphatic heterocycles. The van der Waals surface area contributed by atoms with Crippen molar-refractivity contribution in [3.8, 4) is 0 Å². The van der Waals surface area contributed by atoms with Gasteiger partial charge in [-0.05, 0) is 24.5 Å². The maximum absolute atomic E-state index is 12.5. The average Bonchev–Trinajstić information content (AvgIpc) is 2.70. The molecule has 0 unspecified atom stereocenters. The minimum absolute atomic E-state index is 0.0275. The number of rotatable bonds is 12. The Hall–Kier alpha value is -2.71. The minimum Gasteiger partial charge on any atom is -0.355 e. The van der Waals surface area contributed by atoms with Crippen LogP contribution >= 0.6 is 0 Å². The van der Waals surface area contributed by atoms with Gasteiger partial charge in [0, 0.05) is 38.0 Å². The van der Waals surface area contributed by atoms with E-state index in [9.17, 15) is 19.6 Å². The van der Waals surface area contributed by atoms with Crippen LogP contribution in [0.4, 0.5) is 5.69 Å². The zero-order chi connectivity index (χ0) is 21.8. The highest BCUT2D eigenvalue weighted by Crippen LogP contribution is 2.17. The van der Waals surface area contributed by atoms with Crippen LogP contribution in [0.2, 0.25) is 0 Å². The molecule has 1 atom stereocenters. The fourth-order valence-electron chi connectivity index (χ4n) is 2.74. The molecule has 0 aliphatic carbocycles. The van der Waals surface area contributed by atoms with Gasteiger partial charge in [-0.2, -0.15) is 0 Å². The Labute approximate surface area is 172 Å². The van der Waals surface area contributed by atoms with Crippen LogP contribution in [-0.4, -0.2) is 48.4 Å². The number of benzene rings is 1. The molecular weight excluding hydrogens is 374 g/mol. The van der Waals surface area contributed by atoms with Gasteiger partial charge in [0.15, 0.2) is 0 Å². The first-order valence-corrected chi connectivity index (χ1v) is 9.61. The Kier molecular flexibility index (Phi) is 10.6. The molecule has 0 aromatic heterocycles. The Morgan fingerprint density at radius 2 is 1.86 bits per heavy atom. The number of hydrogen-bond acceptors (Lipinski definition) is 5. The molecule has 8 heteroatoms. The first kappa shape index (κ1) is 24.3. The summed E-state index contributed by atoms with van der Waals surface area (Å²) in [6, 6.07) is 9.22. The van der Waals surface area contributed by atoms with Crippen LogP contribution in [-0.2, 0) is 19.2 Å². The van der Waals surface area contributed by atoms with E-state index < -0.39 is 11.8 Å². The number of amides is 3. The fourth-order valence-corrected chi connectivity index (χ4v) is 2.74. The van der Waals surface area contributed by atoms with Gasteiger partial charge in [0.2, 0.25) is 11.8 Å². The molecule has 3 amide bonds. The zero-order valence-corrected chi connectivity index (χ0v) is 17.3. The third kappa shape index (κ3) is 8.89. The third-order valence-corrected chi connectivity index (χ3v) is 4.23. The molecule has 0 bridgehead atoms. The quantitative estimate of drug-likeness (QED) is 0.316. The van der Waals surface area contributed by atoms with Gasteiger partial charge in [0.05, 0.1) is 6.61 Å². The highest BCUT2D eigenvalue weighted by Gasteiger charge is 2.26. The van der Waals surface area contributed by atoms with Gasteiger partial charge in [0.25, 0.3) is 5.91 Å². The van der Waals surface area contributed by atoms with Crippen LogP contribution in [0.3, 0.4) is 0 Å². The van der Waals surface area contributed by atoms with E-state index in [1.165, 1.54) is 11.0 Å². The van der Waals surface area contributed by atoms with Crippen molar-refractivity contribution in [2.45, 2.75) is 33.1 Å². The maximum Gasteiger partial charge on any atom is 0.274 e. The van der Waals surface area contributed by atoms with Crippen molar-refractivity contribution in [1.29, 1.82) is 0 Å². The minimum atomic E-state index is -0.715. The molecule has 0 saturated heterocycles. The number of nitrogens with one attached hydrogen (secondary N) is 1. The van der Waals surface area contributed by atoms with Gasteiger partial charge in [0.1, 0.15) is 0 Å². The van der Waals surface area contributed by atoms with Gasteiger partial charge >= 0.3 is 0 Å². The number of anilines is 1. The number of hydroxylamine groups is 2. The van der Waals surface area contributed by atoms with Crippen LogP contribution in [0.25, 0.3) is 0 Å². The van der Waals surface area contributed by atoms with Crippen molar-refractivity contribution < 1.29 is 24.4 Å². The first-order valence-electron chi connectivity index (χ1n) is 9.61. The molecule has 0 fully saturated rings. The second-order valence-corrected chi connectivity index (χ2v) is 7.11. The summed E-state index contributed by atoms with van der Waals surface area (Å²) in [5.41, 5.74) is 0.773. The number of carbonyl (C=O) groups excluding carboxylic acids is 3. The summed E-state index contributed by atoms with van der Waals surface area (Å²) >= 11 is 0. The van der Waals surface area contributed by atoms with E-state index in [2.05, 4.69) is 11.9 Å². The Morgan fingerprint density at radius 3 is 2.45 bits per heavy atom. The van der Waals surface area contributed by atoms with E-state index in [0.717, 1.165) is 5.69 Å². The Balaban J connectivity index is 2.56. The lowest BCUT2D eigenvalue weighted by Crippen LogP contribution is -2.38. The second kappa shape index (κ2) is 12.7. The molecule has 0 heterocycles. The molecule has 0 saturated carbocycles. The van der Waals surface area contributed by atoms with E-state index in [0.29, 0.717) is 6.42 Å². The van der Waals surface area contributed by atoms with Gasteiger partial charge in [-0.25, -0.2) is 4.84 Å². The SMILES string of the molecule is C=CCON(O)C(=O)C[C@@H](CC(C)C)C(=O)NCCC(=O)N(C)c1ccccc1.